The van der Waals surface area contributed by atoms with Crippen LogP contribution in [-0.2, 0) is 6.42 Å². The fourth-order valence-corrected chi connectivity index (χ4v) is 2.14. The van der Waals surface area contributed by atoms with E-state index < -0.39 is 6.36 Å². The van der Waals surface area contributed by atoms with Crippen LogP contribution >= 0.6 is 11.8 Å². The summed E-state index contributed by atoms with van der Waals surface area (Å²) in [6, 6.07) is 2.85. The van der Waals surface area contributed by atoms with Crippen LogP contribution in [0.5, 0.6) is 5.75 Å². The average molecular weight is 260 g/mol. The molecule has 3 nitrogen and oxygen atoms in total. The Bertz CT molecular complexity index is 482. The monoisotopic (exact) mass is 260 g/mol. The lowest BCUT2D eigenvalue weighted by Crippen LogP contribution is -2.17. The van der Waals surface area contributed by atoms with Crippen molar-refractivity contribution in [2.75, 3.05) is 11.9 Å². The molecule has 0 fully saturated rings. The molecule has 0 saturated carbocycles. The van der Waals surface area contributed by atoms with Crippen molar-refractivity contribution in [2.24, 2.45) is 0 Å². The molecule has 1 N–H and O–H groups in total. The van der Waals surface area contributed by atoms with Crippen LogP contribution in [0.4, 0.5) is 18.9 Å². The number of ether oxygens (including phenoxy) is 1. The maximum Gasteiger partial charge on any atom is 0.573 e. The molecule has 1 heterocycles. The number of halogens is 3. The number of nitrogens with one attached hydrogen (secondary N) is 1. The molecule has 0 aromatic heterocycles. The highest BCUT2D eigenvalue weighted by atomic mass is 32.2. The number of fused-ring (bicyclic) bond motifs is 1. The van der Waals surface area contributed by atoms with Gasteiger partial charge in [0.05, 0.1) is 4.90 Å². The molecule has 1 aromatic rings. The van der Waals surface area contributed by atoms with Crippen molar-refractivity contribution in [1.82, 2.24) is 0 Å². The molecule has 1 aliphatic heterocycles. The molecule has 7 heteroatoms. The van der Waals surface area contributed by atoms with E-state index in [2.05, 4.69) is 10.1 Å². The quantitative estimate of drug-likeness (QED) is 0.655. The summed E-state index contributed by atoms with van der Waals surface area (Å²) in [5.41, 5.74) is 1.53. The Morgan fingerprint density at radius 2 is 2.18 bits per heavy atom. The van der Waals surface area contributed by atoms with Crippen molar-refractivity contribution in [3.8, 4) is 11.2 Å². The summed E-state index contributed by atoms with van der Waals surface area (Å²) in [7, 11) is 0. The van der Waals surface area contributed by atoms with Gasteiger partial charge in [0.15, 0.2) is 0 Å². The number of alkyl halides is 3. The van der Waals surface area contributed by atoms with E-state index in [0.29, 0.717) is 24.0 Å². The van der Waals surface area contributed by atoms with Crippen LogP contribution in [0.1, 0.15) is 5.56 Å². The van der Waals surface area contributed by atoms with Crippen molar-refractivity contribution in [1.29, 1.82) is 5.26 Å². The second-order valence-corrected chi connectivity index (χ2v) is 4.20. The van der Waals surface area contributed by atoms with Gasteiger partial charge in [-0.25, -0.2) is 0 Å². The number of hydrogen-bond acceptors (Lipinski definition) is 4. The normalized spacial score (nSPS) is 13.8. The van der Waals surface area contributed by atoms with E-state index in [4.69, 9.17) is 5.26 Å². The fourth-order valence-electron chi connectivity index (χ4n) is 1.64. The number of thiocyanates is 1. The second kappa shape index (κ2) is 4.37. The Morgan fingerprint density at radius 3 is 2.82 bits per heavy atom. The summed E-state index contributed by atoms with van der Waals surface area (Å²) in [6.07, 6.45) is -4.02. The molecule has 0 bridgehead atoms. The Labute approximate surface area is 99.6 Å². The van der Waals surface area contributed by atoms with E-state index in [1.807, 2.05) is 0 Å². The number of rotatable bonds is 2. The summed E-state index contributed by atoms with van der Waals surface area (Å²) < 4.78 is 40.4. The van der Waals surface area contributed by atoms with Crippen LogP contribution in [0.25, 0.3) is 0 Å². The first-order valence-corrected chi connectivity index (χ1v) is 5.54. The third-order valence-corrected chi connectivity index (χ3v) is 2.89. The fraction of sp³-hybridized carbons (Fsp3) is 0.300. The van der Waals surface area contributed by atoms with Gasteiger partial charge >= 0.3 is 6.36 Å². The highest BCUT2D eigenvalue weighted by molar-refractivity contribution is 8.03. The first kappa shape index (κ1) is 11.9. The summed E-state index contributed by atoms with van der Waals surface area (Å²) in [5.74, 6) is -0.336. The number of benzene rings is 1. The number of anilines is 1. The van der Waals surface area contributed by atoms with Crippen molar-refractivity contribution < 1.29 is 17.9 Å². The van der Waals surface area contributed by atoms with Gasteiger partial charge < -0.3 is 10.1 Å². The zero-order valence-electron chi connectivity index (χ0n) is 8.47. The van der Waals surface area contributed by atoms with Crippen molar-refractivity contribution in [3.05, 3.63) is 17.7 Å². The SMILES string of the molecule is N#CSc1cc2c(cc1OC(F)(F)F)NCC2. The predicted octanol–water partition coefficient (Wildman–Crippen LogP) is 3.13. The first-order valence-electron chi connectivity index (χ1n) is 4.72. The number of nitrogens with zero attached hydrogens (tertiary/aromatic N) is 1. The molecule has 90 valence electrons. The van der Waals surface area contributed by atoms with Gasteiger partial charge in [0, 0.05) is 18.3 Å². The minimum absolute atomic E-state index is 0.187. The lowest BCUT2D eigenvalue weighted by atomic mass is 10.1. The highest BCUT2D eigenvalue weighted by Crippen LogP contribution is 2.38. The van der Waals surface area contributed by atoms with Crippen molar-refractivity contribution >= 4 is 17.4 Å². The molecule has 0 atom stereocenters. The molecule has 17 heavy (non-hydrogen) atoms. The lowest BCUT2D eigenvalue weighted by molar-refractivity contribution is -0.275. The van der Waals surface area contributed by atoms with Gasteiger partial charge in [-0.05, 0) is 29.8 Å². The van der Waals surface area contributed by atoms with Crippen LogP contribution in [0.15, 0.2) is 17.0 Å². The summed E-state index contributed by atoms with van der Waals surface area (Å²) in [6.45, 7) is 0.682. The molecule has 0 unspecified atom stereocenters. The standard InChI is InChI=1S/C10H7F3N2OS/c11-10(12,13)16-8-4-7-6(1-2-15-7)3-9(8)17-5-14/h3-4,15H,1-2H2. The Hall–Kier alpha value is -1.55. The van der Waals surface area contributed by atoms with Gasteiger partial charge in [0.1, 0.15) is 11.2 Å². The molecule has 0 aliphatic carbocycles. The van der Waals surface area contributed by atoms with E-state index in [9.17, 15) is 13.2 Å². The Balaban J connectivity index is 2.38. The number of nitriles is 1. The van der Waals surface area contributed by atoms with Crippen molar-refractivity contribution in [2.45, 2.75) is 17.7 Å². The molecular weight excluding hydrogens is 253 g/mol. The number of thioether (sulfide) groups is 1. The summed E-state index contributed by atoms with van der Waals surface area (Å²) in [4.78, 5) is 0.187. The largest absolute Gasteiger partial charge is 0.573 e. The van der Waals surface area contributed by atoms with Gasteiger partial charge in [-0.15, -0.1) is 13.2 Å². The van der Waals surface area contributed by atoms with Crippen LogP contribution < -0.4 is 10.1 Å². The van der Waals surface area contributed by atoms with Crippen LogP contribution in [-0.4, -0.2) is 12.9 Å². The molecule has 1 aliphatic rings. The zero-order valence-corrected chi connectivity index (χ0v) is 9.28. The molecule has 0 saturated heterocycles. The number of hydrogen-bond donors (Lipinski definition) is 1. The highest BCUT2D eigenvalue weighted by Gasteiger charge is 2.33. The van der Waals surface area contributed by atoms with Crippen LogP contribution in [0, 0.1) is 10.7 Å². The van der Waals surface area contributed by atoms with Gasteiger partial charge in [-0.3, -0.25) is 0 Å². The van der Waals surface area contributed by atoms with Crippen molar-refractivity contribution in [3.63, 3.8) is 0 Å². The first-order chi connectivity index (χ1) is 7.99. The molecule has 0 amide bonds. The van der Waals surface area contributed by atoms with Gasteiger partial charge in [-0.1, -0.05) is 0 Å². The van der Waals surface area contributed by atoms with E-state index >= 15 is 0 Å². The third kappa shape index (κ3) is 2.77. The summed E-state index contributed by atoms with van der Waals surface area (Å²) >= 11 is 0.661. The smallest absolute Gasteiger partial charge is 0.404 e. The average Bonchev–Trinajstić information content (AvgIpc) is 2.63. The maximum atomic E-state index is 12.2. The van der Waals surface area contributed by atoms with E-state index in [1.165, 1.54) is 6.07 Å². The van der Waals surface area contributed by atoms with E-state index in [1.54, 1.807) is 11.5 Å². The maximum absolute atomic E-state index is 12.2. The van der Waals surface area contributed by atoms with Gasteiger partial charge in [-0.2, -0.15) is 5.26 Å². The zero-order chi connectivity index (χ0) is 12.5. The third-order valence-electron chi connectivity index (χ3n) is 2.26. The van der Waals surface area contributed by atoms with E-state index in [0.717, 1.165) is 12.0 Å². The minimum atomic E-state index is -4.75. The second-order valence-electron chi connectivity index (χ2n) is 3.37. The van der Waals surface area contributed by atoms with Crippen LogP contribution in [0.2, 0.25) is 0 Å². The van der Waals surface area contributed by atoms with Gasteiger partial charge in [0.2, 0.25) is 0 Å². The van der Waals surface area contributed by atoms with Gasteiger partial charge in [0.25, 0.3) is 0 Å². The predicted molar refractivity (Wildman–Crippen MR) is 56.8 cm³/mol. The topological polar surface area (TPSA) is 45.0 Å². The molecule has 1 aromatic carbocycles. The Morgan fingerprint density at radius 1 is 1.41 bits per heavy atom. The van der Waals surface area contributed by atoms with E-state index in [-0.39, 0.29) is 10.6 Å². The minimum Gasteiger partial charge on any atom is -0.404 e. The molecular formula is C10H7F3N2OS. The molecule has 2 rings (SSSR count). The van der Waals surface area contributed by atoms with Crippen LogP contribution in [0.3, 0.4) is 0 Å². The molecule has 0 radical (unpaired) electrons. The summed E-state index contributed by atoms with van der Waals surface area (Å²) in [5, 5.41) is 13.3. The molecule has 0 spiro atoms. The Kier molecular flexibility index (Phi) is 3.07. The lowest BCUT2D eigenvalue weighted by Gasteiger charge is -2.13.